The minimum absolute atomic E-state index is 0.103. The van der Waals surface area contributed by atoms with Crippen LogP contribution in [0.4, 0.5) is 11.4 Å². The van der Waals surface area contributed by atoms with Crippen LogP contribution in [0.15, 0.2) is 30.3 Å². The molecule has 21 heavy (non-hydrogen) atoms. The van der Waals surface area contributed by atoms with Gasteiger partial charge in [-0.2, -0.15) is 0 Å². The smallest absolute Gasteiger partial charge is 0.335 e. The van der Waals surface area contributed by atoms with Crippen LogP contribution in [0.25, 0.3) is 0 Å². The fourth-order valence-electron chi connectivity index (χ4n) is 2.04. The Labute approximate surface area is 126 Å². The molecule has 3 N–H and O–H groups in total. The summed E-state index contributed by atoms with van der Waals surface area (Å²) in [5.41, 5.74) is 6.81. The number of nitrogens with two attached hydrogens (primary N) is 1. The van der Waals surface area contributed by atoms with Crippen LogP contribution in [-0.4, -0.2) is 23.5 Å². The molecule has 0 saturated carbocycles. The first-order valence-corrected chi connectivity index (χ1v) is 7.26. The number of rotatable bonds is 4. The molecule has 2 rings (SSSR count). The van der Waals surface area contributed by atoms with Crippen molar-refractivity contribution >= 4 is 34.6 Å². The van der Waals surface area contributed by atoms with Crippen LogP contribution in [0.2, 0.25) is 0 Å². The van der Waals surface area contributed by atoms with E-state index < -0.39 is 5.97 Å². The molecule has 1 aromatic heterocycles. The molecule has 6 heteroatoms. The van der Waals surface area contributed by atoms with Crippen molar-refractivity contribution in [3.63, 3.8) is 0 Å². The topological polar surface area (TPSA) is 83.6 Å². The quantitative estimate of drug-likeness (QED) is 0.850. The molecule has 0 bridgehead atoms. The zero-order valence-electron chi connectivity index (χ0n) is 11.8. The van der Waals surface area contributed by atoms with Crippen molar-refractivity contribution < 1.29 is 14.7 Å². The molecule has 0 spiro atoms. The summed E-state index contributed by atoms with van der Waals surface area (Å²) in [6.07, 6.45) is 0. The van der Waals surface area contributed by atoms with Gasteiger partial charge in [-0.15, -0.1) is 11.3 Å². The predicted octanol–water partition coefficient (Wildman–Crippen LogP) is 3.00. The van der Waals surface area contributed by atoms with Crippen LogP contribution in [-0.2, 0) is 0 Å². The highest BCUT2D eigenvalue weighted by Gasteiger charge is 2.20. The summed E-state index contributed by atoms with van der Waals surface area (Å²) < 4.78 is 0. The monoisotopic (exact) mass is 304 g/mol. The van der Waals surface area contributed by atoms with Crippen molar-refractivity contribution in [1.82, 2.24) is 0 Å². The normalized spacial score (nSPS) is 10.4. The lowest BCUT2D eigenvalue weighted by molar-refractivity contribution is 0.0697. The Balaban J connectivity index is 2.37. The standard InChI is InChI=1S/C15H16N2O3S/c1-3-17(14(18)13-7-4-9(2)21-13)12-6-5-10(15(19)20)8-11(12)16/h4-8H,3,16H2,1-2H3,(H,19,20). The number of carbonyl (C=O) groups excluding carboxylic acids is 1. The van der Waals surface area contributed by atoms with Crippen molar-refractivity contribution in [2.75, 3.05) is 17.2 Å². The number of carboxylic acid groups (broad SMARTS) is 1. The van der Waals surface area contributed by atoms with Crippen LogP contribution in [0, 0.1) is 6.92 Å². The van der Waals surface area contributed by atoms with E-state index in [0.717, 1.165) is 4.88 Å². The number of hydrogen-bond acceptors (Lipinski definition) is 4. The largest absolute Gasteiger partial charge is 0.478 e. The molecule has 0 fully saturated rings. The third-order valence-corrected chi connectivity index (χ3v) is 4.07. The number of hydrogen-bond donors (Lipinski definition) is 2. The van der Waals surface area contributed by atoms with E-state index in [9.17, 15) is 9.59 Å². The third-order valence-electron chi connectivity index (χ3n) is 3.08. The lowest BCUT2D eigenvalue weighted by atomic mass is 10.1. The van der Waals surface area contributed by atoms with E-state index in [1.165, 1.54) is 23.5 Å². The van der Waals surface area contributed by atoms with E-state index in [4.69, 9.17) is 10.8 Å². The van der Waals surface area contributed by atoms with Gasteiger partial charge in [0, 0.05) is 11.4 Å². The molecule has 1 amide bonds. The summed E-state index contributed by atoms with van der Waals surface area (Å²) >= 11 is 1.42. The maximum atomic E-state index is 12.5. The molecule has 0 atom stereocenters. The maximum absolute atomic E-state index is 12.5. The molecule has 5 nitrogen and oxygen atoms in total. The molecule has 0 aliphatic heterocycles. The molecule has 0 aliphatic carbocycles. The Bertz CT molecular complexity index is 694. The number of benzene rings is 1. The molecule has 1 aromatic carbocycles. The number of aryl methyl sites for hydroxylation is 1. The van der Waals surface area contributed by atoms with Crippen LogP contribution in [0.1, 0.15) is 31.8 Å². The zero-order chi connectivity index (χ0) is 15.6. The Morgan fingerprint density at radius 2 is 2.00 bits per heavy atom. The molecule has 0 saturated heterocycles. The van der Waals surface area contributed by atoms with Gasteiger partial charge in [0.25, 0.3) is 5.91 Å². The van der Waals surface area contributed by atoms with E-state index in [1.54, 1.807) is 17.0 Å². The number of nitrogens with zero attached hydrogens (tertiary/aromatic N) is 1. The van der Waals surface area contributed by atoms with Gasteiger partial charge < -0.3 is 15.7 Å². The summed E-state index contributed by atoms with van der Waals surface area (Å²) in [4.78, 5) is 26.7. The van der Waals surface area contributed by atoms with Crippen molar-refractivity contribution in [1.29, 1.82) is 0 Å². The minimum Gasteiger partial charge on any atom is -0.478 e. The number of carboxylic acids is 1. The SMILES string of the molecule is CCN(C(=O)c1ccc(C)s1)c1ccc(C(=O)O)cc1N. The fourth-order valence-corrected chi connectivity index (χ4v) is 2.86. The maximum Gasteiger partial charge on any atom is 0.335 e. The number of thiophene rings is 1. The molecule has 2 aromatic rings. The van der Waals surface area contributed by atoms with Gasteiger partial charge in [-0.05, 0) is 44.2 Å². The lowest BCUT2D eigenvalue weighted by Gasteiger charge is -2.22. The van der Waals surface area contributed by atoms with Crippen molar-refractivity contribution in [3.8, 4) is 0 Å². The Morgan fingerprint density at radius 3 is 2.48 bits per heavy atom. The highest BCUT2D eigenvalue weighted by Crippen LogP contribution is 2.27. The molecule has 110 valence electrons. The highest BCUT2D eigenvalue weighted by atomic mass is 32.1. The summed E-state index contributed by atoms with van der Waals surface area (Å²) in [7, 11) is 0. The van der Waals surface area contributed by atoms with E-state index in [1.807, 2.05) is 19.9 Å². The molecule has 1 heterocycles. The molecule has 0 radical (unpaired) electrons. The number of anilines is 2. The Kier molecular flexibility index (Phi) is 4.28. The fraction of sp³-hybridized carbons (Fsp3) is 0.200. The van der Waals surface area contributed by atoms with E-state index in [2.05, 4.69) is 0 Å². The van der Waals surface area contributed by atoms with E-state index in [-0.39, 0.29) is 17.2 Å². The summed E-state index contributed by atoms with van der Waals surface area (Å²) in [5.74, 6) is -1.18. The molecular formula is C15H16N2O3S. The van der Waals surface area contributed by atoms with Gasteiger partial charge in [0.05, 0.1) is 21.8 Å². The Hall–Kier alpha value is -2.34. The van der Waals surface area contributed by atoms with Crippen LogP contribution >= 0.6 is 11.3 Å². The van der Waals surface area contributed by atoms with Crippen molar-refractivity contribution in [3.05, 3.63) is 45.6 Å². The first-order valence-electron chi connectivity index (χ1n) is 6.45. The average molecular weight is 304 g/mol. The van der Waals surface area contributed by atoms with Crippen molar-refractivity contribution in [2.45, 2.75) is 13.8 Å². The van der Waals surface area contributed by atoms with Crippen LogP contribution in [0.3, 0.4) is 0 Å². The van der Waals surface area contributed by atoms with Gasteiger partial charge in [0.2, 0.25) is 0 Å². The van der Waals surface area contributed by atoms with E-state index >= 15 is 0 Å². The van der Waals surface area contributed by atoms with Gasteiger partial charge in [-0.1, -0.05) is 0 Å². The second-order valence-corrected chi connectivity index (χ2v) is 5.83. The zero-order valence-corrected chi connectivity index (χ0v) is 12.6. The number of nitrogen functional groups attached to an aromatic ring is 1. The van der Waals surface area contributed by atoms with Gasteiger partial charge in [-0.3, -0.25) is 4.79 Å². The molecular weight excluding hydrogens is 288 g/mol. The van der Waals surface area contributed by atoms with E-state index in [0.29, 0.717) is 17.1 Å². The number of carbonyl (C=O) groups is 2. The predicted molar refractivity (Wildman–Crippen MR) is 84.2 cm³/mol. The van der Waals surface area contributed by atoms with Gasteiger partial charge >= 0.3 is 5.97 Å². The van der Waals surface area contributed by atoms with Gasteiger partial charge in [-0.25, -0.2) is 4.79 Å². The summed E-state index contributed by atoms with van der Waals surface area (Å²) in [6, 6.07) is 8.06. The third kappa shape index (κ3) is 3.05. The summed E-state index contributed by atoms with van der Waals surface area (Å²) in [6.45, 7) is 4.24. The molecule has 0 unspecified atom stereocenters. The number of aromatic carboxylic acids is 1. The van der Waals surface area contributed by atoms with Crippen LogP contribution < -0.4 is 10.6 Å². The van der Waals surface area contributed by atoms with Gasteiger partial charge in [0.1, 0.15) is 0 Å². The second kappa shape index (κ2) is 5.97. The second-order valence-electron chi connectivity index (χ2n) is 4.54. The average Bonchev–Trinajstić information content (AvgIpc) is 2.87. The number of amides is 1. The molecule has 0 aliphatic rings. The first-order chi connectivity index (χ1) is 9.93. The highest BCUT2D eigenvalue weighted by molar-refractivity contribution is 7.14. The van der Waals surface area contributed by atoms with Gasteiger partial charge in [0.15, 0.2) is 0 Å². The summed E-state index contributed by atoms with van der Waals surface area (Å²) in [5, 5.41) is 8.95. The lowest BCUT2D eigenvalue weighted by Crippen LogP contribution is -2.30. The first kappa shape index (κ1) is 15.1. The van der Waals surface area contributed by atoms with Crippen LogP contribution in [0.5, 0.6) is 0 Å². The Morgan fingerprint density at radius 1 is 1.29 bits per heavy atom. The van der Waals surface area contributed by atoms with Crippen molar-refractivity contribution in [2.24, 2.45) is 0 Å². The minimum atomic E-state index is -1.04.